The van der Waals surface area contributed by atoms with Gasteiger partial charge in [-0.15, -0.1) is 0 Å². The Morgan fingerprint density at radius 1 is 1.45 bits per heavy atom. The lowest BCUT2D eigenvalue weighted by Crippen LogP contribution is -2.34. The average Bonchev–Trinajstić information content (AvgIpc) is 2.76. The fourth-order valence-electron chi connectivity index (χ4n) is 1.97. The number of likely N-dealkylation sites (N-methyl/N-ethyl adjacent to an activating group) is 1. The Morgan fingerprint density at radius 2 is 2.15 bits per heavy atom. The van der Waals surface area contributed by atoms with Gasteiger partial charge in [-0.1, -0.05) is 12.1 Å². The van der Waals surface area contributed by atoms with Crippen molar-refractivity contribution in [2.24, 2.45) is 0 Å². The van der Waals surface area contributed by atoms with Crippen molar-refractivity contribution in [3.8, 4) is 5.75 Å². The maximum absolute atomic E-state index is 11.8. The highest BCUT2D eigenvalue weighted by atomic mass is 16.6. The minimum atomic E-state index is -0.348. The molecule has 1 atom stereocenters. The molecular weight excluding hydrogens is 260 g/mol. The number of carbonyl (C=O) groups excluding carboxylic acids is 2. The number of nitrogens with zero attached hydrogens (tertiary/aromatic N) is 1. The van der Waals surface area contributed by atoms with Crippen molar-refractivity contribution >= 4 is 12.0 Å². The number of hydrogen-bond donors (Lipinski definition) is 1. The summed E-state index contributed by atoms with van der Waals surface area (Å²) in [6.07, 6.45) is -0.327. The van der Waals surface area contributed by atoms with E-state index in [1.807, 2.05) is 24.3 Å². The summed E-state index contributed by atoms with van der Waals surface area (Å²) in [7, 11) is 3.27. The van der Waals surface area contributed by atoms with Crippen molar-refractivity contribution in [1.29, 1.82) is 0 Å². The van der Waals surface area contributed by atoms with Crippen LogP contribution in [0, 0.1) is 0 Å². The third-order valence-corrected chi connectivity index (χ3v) is 3.11. The number of carbonyl (C=O) groups is 2. The largest absolute Gasteiger partial charge is 0.497 e. The van der Waals surface area contributed by atoms with Crippen molar-refractivity contribution in [2.45, 2.75) is 12.5 Å². The molecule has 6 nitrogen and oxygen atoms in total. The van der Waals surface area contributed by atoms with E-state index in [4.69, 9.17) is 9.47 Å². The van der Waals surface area contributed by atoms with Crippen molar-refractivity contribution in [1.82, 2.24) is 10.2 Å². The molecule has 0 aromatic heterocycles. The second kappa shape index (κ2) is 6.27. The van der Waals surface area contributed by atoms with Crippen LogP contribution in [-0.4, -0.2) is 50.3 Å². The monoisotopic (exact) mass is 278 g/mol. The van der Waals surface area contributed by atoms with Crippen molar-refractivity contribution < 1.29 is 19.1 Å². The fraction of sp³-hybridized carbons (Fsp3) is 0.429. The zero-order chi connectivity index (χ0) is 14.5. The number of amides is 2. The van der Waals surface area contributed by atoms with Gasteiger partial charge in [0.1, 0.15) is 11.9 Å². The summed E-state index contributed by atoms with van der Waals surface area (Å²) in [5.41, 5.74) is 0.906. The van der Waals surface area contributed by atoms with E-state index in [9.17, 15) is 9.59 Å². The molecule has 0 aliphatic carbocycles. The summed E-state index contributed by atoms with van der Waals surface area (Å²) < 4.78 is 10.1. The number of nitrogens with one attached hydrogen (secondary N) is 1. The minimum Gasteiger partial charge on any atom is -0.497 e. The van der Waals surface area contributed by atoms with E-state index in [2.05, 4.69) is 5.32 Å². The molecule has 2 rings (SSSR count). The predicted octanol–water partition coefficient (Wildman–Crippen LogP) is 0.804. The Balaban J connectivity index is 1.76. The maximum atomic E-state index is 11.8. The van der Waals surface area contributed by atoms with Crippen LogP contribution in [0.25, 0.3) is 0 Å². The molecule has 1 N–H and O–H groups in total. The molecule has 1 saturated heterocycles. The van der Waals surface area contributed by atoms with Gasteiger partial charge in [-0.05, 0) is 17.7 Å². The molecule has 1 heterocycles. The quantitative estimate of drug-likeness (QED) is 0.865. The molecular formula is C14H18N2O4. The van der Waals surface area contributed by atoms with Gasteiger partial charge >= 0.3 is 6.09 Å². The van der Waals surface area contributed by atoms with Gasteiger partial charge < -0.3 is 19.7 Å². The predicted molar refractivity (Wildman–Crippen MR) is 72.6 cm³/mol. The Bertz CT molecular complexity index is 486. The van der Waals surface area contributed by atoms with Crippen LogP contribution in [0.3, 0.4) is 0 Å². The van der Waals surface area contributed by atoms with E-state index in [0.717, 1.165) is 11.3 Å². The molecule has 2 amide bonds. The molecule has 1 aliphatic rings. The molecule has 0 saturated carbocycles. The van der Waals surface area contributed by atoms with E-state index in [1.54, 1.807) is 14.2 Å². The normalized spacial score (nSPS) is 17.8. The van der Waals surface area contributed by atoms with E-state index in [1.165, 1.54) is 4.90 Å². The number of ether oxygens (including phenoxy) is 2. The third kappa shape index (κ3) is 3.63. The van der Waals surface area contributed by atoms with Gasteiger partial charge in [-0.25, -0.2) is 4.79 Å². The molecule has 0 radical (unpaired) electrons. The van der Waals surface area contributed by atoms with Crippen LogP contribution < -0.4 is 10.1 Å². The van der Waals surface area contributed by atoms with Gasteiger partial charge in [-0.2, -0.15) is 0 Å². The van der Waals surface area contributed by atoms with Gasteiger partial charge in [0.2, 0.25) is 5.91 Å². The molecule has 108 valence electrons. The van der Waals surface area contributed by atoms with Gasteiger partial charge in [0.05, 0.1) is 26.6 Å². The lowest BCUT2D eigenvalue weighted by atomic mass is 10.1. The maximum Gasteiger partial charge on any atom is 0.410 e. The summed E-state index contributed by atoms with van der Waals surface area (Å²) >= 11 is 0. The van der Waals surface area contributed by atoms with E-state index >= 15 is 0 Å². The molecule has 1 aliphatic heterocycles. The number of methoxy groups -OCH3 is 1. The van der Waals surface area contributed by atoms with Crippen molar-refractivity contribution in [3.63, 3.8) is 0 Å². The summed E-state index contributed by atoms with van der Waals surface area (Å²) in [4.78, 5) is 24.4. The summed E-state index contributed by atoms with van der Waals surface area (Å²) in [6, 6.07) is 7.33. The molecule has 1 aromatic rings. The number of rotatable bonds is 5. The highest BCUT2D eigenvalue weighted by Gasteiger charge is 2.28. The first-order valence-corrected chi connectivity index (χ1v) is 6.40. The Labute approximate surface area is 117 Å². The lowest BCUT2D eigenvalue weighted by molar-refractivity contribution is -0.120. The topological polar surface area (TPSA) is 67.9 Å². The minimum absolute atomic E-state index is 0.0965. The highest BCUT2D eigenvalue weighted by molar-refractivity contribution is 5.78. The fourth-order valence-corrected chi connectivity index (χ4v) is 1.97. The standard InChI is InChI=1S/C14H18N2O4/c1-16-9-12(20-14(16)18)8-15-13(17)7-10-3-5-11(19-2)6-4-10/h3-6,12H,7-9H2,1-2H3,(H,15,17). The van der Waals surface area contributed by atoms with Crippen molar-refractivity contribution in [2.75, 3.05) is 27.2 Å². The summed E-state index contributed by atoms with van der Waals surface area (Å²) in [5.74, 6) is 0.663. The molecule has 20 heavy (non-hydrogen) atoms. The number of cyclic esters (lactones) is 1. The first kappa shape index (κ1) is 14.2. The van der Waals surface area contributed by atoms with Crippen LogP contribution in [0.15, 0.2) is 24.3 Å². The zero-order valence-electron chi connectivity index (χ0n) is 11.6. The van der Waals surface area contributed by atoms with E-state index in [0.29, 0.717) is 19.5 Å². The SMILES string of the molecule is COc1ccc(CC(=O)NCC2CN(C)C(=O)O2)cc1. The van der Waals surface area contributed by atoms with Crippen LogP contribution in [0.2, 0.25) is 0 Å². The lowest BCUT2D eigenvalue weighted by Gasteiger charge is -2.10. The average molecular weight is 278 g/mol. The van der Waals surface area contributed by atoms with E-state index < -0.39 is 0 Å². The third-order valence-electron chi connectivity index (χ3n) is 3.11. The van der Waals surface area contributed by atoms with Crippen LogP contribution in [0.4, 0.5) is 4.79 Å². The van der Waals surface area contributed by atoms with Crippen LogP contribution in [-0.2, 0) is 16.0 Å². The summed E-state index contributed by atoms with van der Waals surface area (Å²) in [6.45, 7) is 0.840. The van der Waals surface area contributed by atoms with Crippen molar-refractivity contribution in [3.05, 3.63) is 29.8 Å². The molecule has 0 bridgehead atoms. The Kier molecular flexibility index (Phi) is 4.45. The number of benzene rings is 1. The second-order valence-corrected chi connectivity index (χ2v) is 4.72. The molecule has 0 spiro atoms. The van der Waals surface area contributed by atoms with Gasteiger partial charge in [0, 0.05) is 7.05 Å². The van der Waals surface area contributed by atoms with Gasteiger partial charge in [0.25, 0.3) is 0 Å². The van der Waals surface area contributed by atoms with E-state index in [-0.39, 0.29) is 18.1 Å². The van der Waals surface area contributed by atoms with Gasteiger partial charge in [-0.3, -0.25) is 4.79 Å². The molecule has 1 aromatic carbocycles. The van der Waals surface area contributed by atoms with Gasteiger partial charge in [0.15, 0.2) is 0 Å². The number of hydrogen-bond acceptors (Lipinski definition) is 4. The van der Waals surface area contributed by atoms with Crippen LogP contribution >= 0.6 is 0 Å². The first-order chi connectivity index (χ1) is 9.58. The Hall–Kier alpha value is -2.24. The van der Waals surface area contributed by atoms with Crippen LogP contribution in [0.5, 0.6) is 5.75 Å². The zero-order valence-corrected chi connectivity index (χ0v) is 11.6. The second-order valence-electron chi connectivity index (χ2n) is 4.72. The summed E-state index contributed by atoms with van der Waals surface area (Å²) in [5, 5.41) is 2.77. The highest BCUT2D eigenvalue weighted by Crippen LogP contribution is 2.12. The molecule has 1 unspecified atom stereocenters. The van der Waals surface area contributed by atoms with Crippen LogP contribution in [0.1, 0.15) is 5.56 Å². The Morgan fingerprint density at radius 3 is 2.70 bits per heavy atom. The molecule has 6 heteroatoms. The smallest absolute Gasteiger partial charge is 0.410 e. The first-order valence-electron chi connectivity index (χ1n) is 6.40. The molecule has 1 fully saturated rings.